The summed E-state index contributed by atoms with van der Waals surface area (Å²) in [4.78, 5) is 21.6. The van der Waals surface area contributed by atoms with Crippen molar-refractivity contribution in [3.05, 3.63) is 84.4 Å². The second-order valence-electron chi connectivity index (χ2n) is 7.30. The van der Waals surface area contributed by atoms with E-state index in [-0.39, 0.29) is 5.91 Å². The van der Waals surface area contributed by atoms with Gasteiger partial charge in [0, 0.05) is 24.4 Å². The van der Waals surface area contributed by atoms with E-state index in [1.165, 1.54) is 6.33 Å². The van der Waals surface area contributed by atoms with E-state index in [0.717, 1.165) is 22.3 Å². The van der Waals surface area contributed by atoms with Crippen LogP contribution >= 0.6 is 0 Å². The van der Waals surface area contributed by atoms with Gasteiger partial charge in [-0.2, -0.15) is 10.2 Å². The van der Waals surface area contributed by atoms with Gasteiger partial charge < -0.3 is 10.6 Å². The number of para-hydroxylation sites is 1. The number of hydrogen-bond acceptors (Lipinski definition) is 6. The van der Waals surface area contributed by atoms with Crippen molar-refractivity contribution >= 4 is 34.3 Å². The molecule has 2 aromatic carbocycles. The second-order valence-corrected chi connectivity index (χ2v) is 7.30. The largest absolute Gasteiger partial charge is 0.339 e. The molecule has 0 aliphatic rings. The van der Waals surface area contributed by atoms with Gasteiger partial charge in [0.15, 0.2) is 5.65 Å². The molecule has 0 atom stereocenters. The quantitative estimate of drug-likeness (QED) is 0.444. The zero-order valence-electron chi connectivity index (χ0n) is 17.5. The molecule has 158 valence electrons. The fourth-order valence-electron chi connectivity index (χ4n) is 3.41. The highest BCUT2D eigenvalue weighted by Gasteiger charge is 2.14. The van der Waals surface area contributed by atoms with Crippen LogP contribution in [0.4, 0.5) is 17.3 Å². The zero-order valence-corrected chi connectivity index (χ0v) is 17.5. The SMILES string of the molecule is Cc1ccc(C(=O)Nc2ccnn2C)cc1Nc1ncnc2c1cnn2-c1ccccc1. The van der Waals surface area contributed by atoms with E-state index in [4.69, 9.17) is 0 Å². The van der Waals surface area contributed by atoms with Crippen LogP contribution in [0.2, 0.25) is 0 Å². The van der Waals surface area contributed by atoms with Crippen LogP contribution in [0.3, 0.4) is 0 Å². The Balaban J connectivity index is 1.46. The summed E-state index contributed by atoms with van der Waals surface area (Å²) in [5, 5.41) is 15.5. The molecule has 32 heavy (non-hydrogen) atoms. The predicted molar refractivity (Wildman–Crippen MR) is 122 cm³/mol. The van der Waals surface area contributed by atoms with Crippen molar-refractivity contribution in [2.45, 2.75) is 6.92 Å². The average Bonchev–Trinajstić information content (AvgIpc) is 3.42. The molecule has 9 nitrogen and oxygen atoms in total. The summed E-state index contributed by atoms with van der Waals surface area (Å²) in [6.07, 6.45) is 4.87. The first-order valence-electron chi connectivity index (χ1n) is 10.0. The normalized spacial score (nSPS) is 10.9. The van der Waals surface area contributed by atoms with Crippen molar-refractivity contribution in [2.24, 2.45) is 7.05 Å². The number of nitrogens with zero attached hydrogens (tertiary/aromatic N) is 6. The van der Waals surface area contributed by atoms with Crippen molar-refractivity contribution in [3.8, 4) is 5.69 Å². The lowest BCUT2D eigenvalue weighted by Gasteiger charge is -2.12. The summed E-state index contributed by atoms with van der Waals surface area (Å²) in [6, 6.07) is 17.0. The molecule has 0 saturated carbocycles. The third kappa shape index (κ3) is 3.56. The van der Waals surface area contributed by atoms with Crippen LogP contribution in [0, 0.1) is 6.92 Å². The van der Waals surface area contributed by atoms with E-state index in [0.29, 0.717) is 22.8 Å². The molecule has 3 aromatic heterocycles. The number of fused-ring (bicyclic) bond motifs is 1. The Morgan fingerprint density at radius 2 is 1.84 bits per heavy atom. The van der Waals surface area contributed by atoms with Gasteiger partial charge in [0.05, 0.1) is 23.5 Å². The molecule has 5 aromatic rings. The number of carbonyl (C=O) groups excluding carboxylic acids is 1. The molecule has 0 saturated heterocycles. The molecule has 0 fully saturated rings. The molecule has 0 unspecified atom stereocenters. The first-order valence-corrected chi connectivity index (χ1v) is 10.0. The Morgan fingerprint density at radius 1 is 1.00 bits per heavy atom. The summed E-state index contributed by atoms with van der Waals surface area (Å²) in [7, 11) is 1.77. The molecular formula is C23H20N8O. The number of aryl methyl sites for hydroxylation is 2. The van der Waals surface area contributed by atoms with E-state index < -0.39 is 0 Å². The number of amides is 1. The van der Waals surface area contributed by atoms with E-state index in [2.05, 4.69) is 30.8 Å². The molecule has 0 radical (unpaired) electrons. The smallest absolute Gasteiger partial charge is 0.256 e. The lowest BCUT2D eigenvalue weighted by Crippen LogP contribution is -2.15. The van der Waals surface area contributed by atoms with E-state index in [9.17, 15) is 4.79 Å². The van der Waals surface area contributed by atoms with Crippen LogP contribution in [-0.2, 0) is 7.05 Å². The molecule has 0 spiro atoms. The first-order chi connectivity index (χ1) is 15.6. The van der Waals surface area contributed by atoms with Gasteiger partial charge in [-0.1, -0.05) is 24.3 Å². The topological polar surface area (TPSA) is 103 Å². The van der Waals surface area contributed by atoms with Crippen molar-refractivity contribution in [3.63, 3.8) is 0 Å². The van der Waals surface area contributed by atoms with E-state index in [1.807, 2.05) is 43.3 Å². The minimum absolute atomic E-state index is 0.221. The summed E-state index contributed by atoms with van der Waals surface area (Å²) in [6.45, 7) is 1.97. The number of carbonyl (C=O) groups is 1. The maximum atomic E-state index is 12.7. The average molecular weight is 424 g/mol. The Morgan fingerprint density at radius 3 is 2.62 bits per heavy atom. The Bertz CT molecular complexity index is 1420. The van der Waals surface area contributed by atoms with Crippen LogP contribution < -0.4 is 10.6 Å². The molecule has 9 heteroatoms. The fraction of sp³-hybridized carbons (Fsp3) is 0.0870. The summed E-state index contributed by atoms with van der Waals surface area (Å²) in [5.74, 6) is 1.02. The molecule has 1 amide bonds. The number of rotatable bonds is 5. The molecular weight excluding hydrogens is 404 g/mol. The Labute approximate surface area is 183 Å². The highest BCUT2D eigenvalue weighted by molar-refractivity contribution is 6.04. The number of benzene rings is 2. The summed E-state index contributed by atoms with van der Waals surface area (Å²) < 4.78 is 3.38. The highest BCUT2D eigenvalue weighted by atomic mass is 16.1. The number of aromatic nitrogens is 6. The van der Waals surface area contributed by atoms with Crippen molar-refractivity contribution in [2.75, 3.05) is 10.6 Å². The standard InChI is InChI=1S/C23H20N8O/c1-15-8-9-16(23(32)29-20-10-11-26-30(20)2)12-19(15)28-21-18-13-27-31(22(18)25-14-24-21)17-6-4-3-5-7-17/h3-14H,1-2H3,(H,29,32)(H,24,25,28). The van der Waals surface area contributed by atoms with Crippen molar-refractivity contribution in [1.29, 1.82) is 0 Å². The fourth-order valence-corrected chi connectivity index (χ4v) is 3.41. The zero-order chi connectivity index (χ0) is 22.1. The maximum absolute atomic E-state index is 12.7. The minimum atomic E-state index is -0.221. The van der Waals surface area contributed by atoms with Gasteiger partial charge in [-0.3, -0.25) is 9.48 Å². The molecule has 0 bridgehead atoms. The number of hydrogen-bond donors (Lipinski definition) is 2. The monoisotopic (exact) mass is 424 g/mol. The van der Waals surface area contributed by atoms with Crippen LogP contribution in [0.15, 0.2) is 73.3 Å². The van der Waals surface area contributed by atoms with Gasteiger partial charge in [-0.25, -0.2) is 14.6 Å². The van der Waals surface area contributed by atoms with E-state index >= 15 is 0 Å². The molecule has 0 aliphatic carbocycles. The highest BCUT2D eigenvalue weighted by Crippen LogP contribution is 2.27. The van der Waals surface area contributed by atoms with Gasteiger partial charge in [0.2, 0.25) is 0 Å². The molecule has 5 rings (SSSR count). The van der Waals surface area contributed by atoms with Gasteiger partial charge in [-0.15, -0.1) is 0 Å². The van der Waals surface area contributed by atoms with Gasteiger partial charge in [0.1, 0.15) is 18.0 Å². The molecule has 2 N–H and O–H groups in total. The lowest BCUT2D eigenvalue weighted by molar-refractivity contribution is 0.102. The Hall–Kier alpha value is -4.53. The van der Waals surface area contributed by atoms with Gasteiger partial charge in [-0.05, 0) is 36.8 Å². The third-order valence-corrected chi connectivity index (χ3v) is 5.18. The van der Waals surface area contributed by atoms with Crippen molar-refractivity contribution in [1.82, 2.24) is 29.5 Å². The summed E-state index contributed by atoms with van der Waals surface area (Å²) >= 11 is 0. The predicted octanol–water partition coefficient (Wildman–Crippen LogP) is 3.85. The van der Waals surface area contributed by atoms with Crippen LogP contribution in [0.5, 0.6) is 0 Å². The second kappa shape index (κ2) is 7.95. The van der Waals surface area contributed by atoms with Crippen molar-refractivity contribution < 1.29 is 4.79 Å². The number of anilines is 3. The van der Waals surface area contributed by atoms with Crippen LogP contribution in [0.25, 0.3) is 16.7 Å². The van der Waals surface area contributed by atoms with E-state index in [1.54, 1.807) is 47.0 Å². The molecule has 0 aliphatic heterocycles. The minimum Gasteiger partial charge on any atom is -0.339 e. The summed E-state index contributed by atoms with van der Waals surface area (Å²) in [5.41, 5.74) is 3.87. The lowest BCUT2D eigenvalue weighted by atomic mass is 10.1. The van der Waals surface area contributed by atoms with Gasteiger partial charge >= 0.3 is 0 Å². The third-order valence-electron chi connectivity index (χ3n) is 5.18. The van der Waals surface area contributed by atoms with Gasteiger partial charge in [0.25, 0.3) is 5.91 Å². The first kappa shape index (κ1) is 19.4. The molecule has 3 heterocycles. The number of nitrogens with one attached hydrogen (secondary N) is 2. The van der Waals surface area contributed by atoms with Crippen LogP contribution in [-0.4, -0.2) is 35.4 Å². The maximum Gasteiger partial charge on any atom is 0.256 e. The van der Waals surface area contributed by atoms with Crippen LogP contribution in [0.1, 0.15) is 15.9 Å². The Kier molecular flexibility index (Phi) is 4.83.